The van der Waals surface area contributed by atoms with E-state index in [0.717, 1.165) is 45.4 Å². The number of β-amino-alcohol motifs (C(OH)–C–C–N with tert-alkyl or cyclic N) is 1. The van der Waals surface area contributed by atoms with E-state index in [0.29, 0.717) is 13.1 Å². The molecule has 2 amide bonds. The van der Waals surface area contributed by atoms with Gasteiger partial charge in [-0.05, 0) is 26.3 Å². The molecule has 0 aromatic carbocycles. The molecule has 0 aromatic rings. The molecule has 22 heavy (non-hydrogen) atoms. The van der Waals surface area contributed by atoms with Crippen LogP contribution in [0.1, 0.15) is 19.3 Å². The number of urea groups is 1. The Balaban J connectivity index is 1.68. The zero-order valence-electron chi connectivity index (χ0n) is 13.9. The predicted octanol–water partition coefficient (Wildman–Crippen LogP) is 0.345. The molecule has 1 aliphatic carbocycles. The van der Waals surface area contributed by atoms with Crippen LogP contribution >= 0.6 is 0 Å². The van der Waals surface area contributed by atoms with Gasteiger partial charge in [0.25, 0.3) is 0 Å². The van der Waals surface area contributed by atoms with Gasteiger partial charge in [0.15, 0.2) is 0 Å². The Bertz CT molecular complexity index is 380. The van der Waals surface area contributed by atoms with Crippen LogP contribution in [-0.4, -0.2) is 91.3 Å². The average molecular weight is 310 g/mol. The van der Waals surface area contributed by atoms with Crippen LogP contribution in [0.3, 0.4) is 0 Å². The smallest absolute Gasteiger partial charge is 0.317 e. The number of aliphatic hydroxyl groups is 1. The fourth-order valence-electron chi connectivity index (χ4n) is 2.99. The molecule has 2 aliphatic rings. The maximum Gasteiger partial charge on any atom is 0.317 e. The SMILES string of the molecule is CN1CCN(CC(O)CN(C)C(=O)NC2C=CCCC2)CC1. The quantitative estimate of drug-likeness (QED) is 0.719. The van der Waals surface area contributed by atoms with Crippen molar-refractivity contribution < 1.29 is 9.90 Å². The van der Waals surface area contributed by atoms with Crippen molar-refractivity contribution in [2.24, 2.45) is 0 Å². The molecule has 1 aliphatic heterocycles. The van der Waals surface area contributed by atoms with Gasteiger partial charge in [0.2, 0.25) is 0 Å². The molecule has 0 radical (unpaired) electrons. The molecule has 2 rings (SSSR count). The third kappa shape index (κ3) is 5.59. The highest BCUT2D eigenvalue weighted by molar-refractivity contribution is 5.74. The lowest BCUT2D eigenvalue weighted by atomic mass is 10.0. The normalized spacial score (nSPS) is 25.0. The Morgan fingerprint density at radius 1 is 1.41 bits per heavy atom. The van der Waals surface area contributed by atoms with E-state index in [1.165, 1.54) is 0 Å². The minimum atomic E-state index is -0.499. The third-order valence-corrected chi connectivity index (χ3v) is 4.46. The second kappa shape index (κ2) is 8.50. The summed E-state index contributed by atoms with van der Waals surface area (Å²) in [6, 6.07) is 0.0347. The summed E-state index contributed by atoms with van der Waals surface area (Å²) < 4.78 is 0. The Morgan fingerprint density at radius 3 is 2.77 bits per heavy atom. The second-order valence-corrected chi connectivity index (χ2v) is 6.55. The number of carbonyl (C=O) groups excluding carboxylic acids is 1. The Kier molecular flexibility index (Phi) is 6.67. The van der Waals surface area contributed by atoms with Crippen molar-refractivity contribution in [3.05, 3.63) is 12.2 Å². The highest BCUT2D eigenvalue weighted by Crippen LogP contribution is 2.10. The molecule has 2 unspecified atom stereocenters. The van der Waals surface area contributed by atoms with Crippen molar-refractivity contribution >= 4 is 6.03 Å². The summed E-state index contributed by atoms with van der Waals surface area (Å²) in [5.74, 6) is 0. The Morgan fingerprint density at radius 2 is 2.14 bits per heavy atom. The number of allylic oxidation sites excluding steroid dienone is 1. The third-order valence-electron chi connectivity index (χ3n) is 4.46. The van der Waals surface area contributed by atoms with Crippen molar-refractivity contribution in [1.29, 1.82) is 0 Å². The molecule has 2 atom stereocenters. The lowest BCUT2D eigenvalue weighted by Gasteiger charge is -2.34. The van der Waals surface area contributed by atoms with Crippen molar-refractivity contribution in [2.75, 3.05) is 53.4 Å². The van der Waals surface area contributed by atoms with Crippen LogP contribution in [0.2, 0.25) is 0 Å². The highest BCUT2D eigenvalue weighted by Gasteiger charge is 2.20. The fraction of sp³-hybridized carbons (Fsp3) is 0.812. The minimum absolute atomic E-state index is 0.103. The summed E-state index contributed by atoms with van der Waals surface area (Å²) in [5.41, 5.74) is 0. The molecule has 0 saturated carbocycles. The summed E-state index contributed by atoms with van der Waals surface area (Å²) in [4.78, 5) is 18.3. The maximum absolute atomic E-state index is 12.1. The molecule has 6 heteroatoms. The van der Waals surface area contributed by atoms with Crippen LogP contribution in [0.5, 0.6) is 0 Å². The zero-order valence-corrected chi connectivity index (χ0v) is 13.9. The molecule has 1 saturated heterocycles. The van der Waals surface area contributed by atoms with Gasteiger partial charge in [-0.1, -0.05) is 12.2 Å². The second-order valence-electron chi connectivity index (χ2n) is 6.55. The van der Waals surface area contributed by atoms with Gasteiger partial charge in [0.1, 0.15) is 0 Å². The first-order valence-corrected chi connectivity index (χ1v) is 8.32. The average Bonchev–Trinajstić information content (AvgIpc) is 2.50. The van der Waals surface area contributed by atoms with Crippen LogP contribution < -0.4 is 5.32 Å². The van der Waals surface area contributed by atoms with Gasteiger partial charge in [-0.25, -0.2) is 4.79 Å². The zero-order chi connectivity index (χ0) is 15.9. The van der Waals surface area contributed by atoms with E-state index in [9.17, 15) is 9.90 Å². The van der Waals surface area contributed by atoms with Gasteiger partial charge < -0.3 is 20.2 Å². The monoisotopic (exact) mass is 310 g/mol. The Hall–Kier alpha value is -1.11. The fourth-order valence-corrected chi connectivity index (χ4v) is 2.99. The molecular weight excluding hydrogens is 280 g/mol. The van der Waals surface area contributed by atoms with Crippen molar-refractivity contribution in [2.45, 2.75) is 31.4 Å². The highest BCUT2D eigenvalue weighted by atomic mass is 16.3. The molecule has 0 spiro atoms. The number of hydrogen-bond donors (Lipinski definition) is 2. The van der Waals surface area contributed by atoms with Gasteiger partial charge in [-0.2, -0.15) is 0 Å². The van der Waals surface area contributed by atoms with E-state index in [4.69, 9.17) is 0 Å². The molecule has 1 heterocycles. The molecule has 6 nitrogen and oxygen atoms in total. The summed E-state index contributed by atoms with van der Waals surface area (Å²) in [6.07, 6.45) is 6.91. The first-order valence-electron chi connectivity index (χ1n) is 8.32. The van der Waals surface area contributed by atoms with Crippen LogP contribution in [0.25, 0.3) is 0 Å². The van der Waals surface area contributed by atoms with Gasteiger partial charge in [0, 0.05) is 52.4 Å². The first-order chi connectivity index (χ1) is 10.5. The number of hydrogen-bond acceptors (Lipinski definition) is 4. The largest absolute Gasteiger partial charge is 0.390 e. The van der Waals surface area contributed by atoms with Gasteiger partial charge in [-0.3, -0.25) is 4.90 Å². The molecule has 2 N–H and O–H groups in total. The summed E-state index contributed by atoms with van der Waals surface area (Å²) in [7, 11) is 3.86. The van der Waals surface area contributed by atoms with E-state index in [-0.39, 0.29) is 12.1 Å². The molecule has 126 valence electrons. The number of aliphatic hydroxyl groups excluding tert-OH is 1. The number of rotatable bonds is 5. The van der Waals surface area contributed by atoms with Crippen LogP contribution in [0.4, 0.5) is 4.79 Å². The summed E-state index contributed by atoms with van der Waals surface area (Å²) in [5, 5.41) is 13.2. The number of piperazine rings is 1. The van der Waals surface area contributed by atoms with Crippen LogP contribution in [0.15, 0.2) is 12.2 Å². The van der Waals surface area contributed by atoms with Crippen LogP contribution in [0, 0.1) is 0 Å². The Labute approximate surface area is 133 Å². The lowest BCUT2D eigenvalue weighted by molar-refractivity contribution is 0.0656. The summed E-state index contributed by atoms with van der Waals surface area (Å²) >= 11 is 0. The maximum atomic E-state index is 12.1. The van der Waals surface area contributed by atoms with Crippen molar-refractivity contribution in [3.8, 4) is 0 Å². The van der Waals surface area contributed by atoms with Gasteiger partial charge in [0.05, 0.1) is 6.10 Å². The topological polar surface area (TPSA) is 59.1 Å². The van der Waals surface area contributed by atoms with Crippen molar-refractivity contribution in [3.63, 3.8) is 0 Å². The molecule has 0 bridgehead atoms. The number of likely N-dealkylation sites (N-methyl/N-ethyl adjacent to an activating group) is 2. The standard InChI is InChI=1S/C16H30N4O2/c1-18-8-10-20(11-9-18)13-15(21)12-19(2)16(22)17-14-6-4-3-5-7-14/h4,6,14-15,21H,3,5,7-13H2,1-2H3,(H,17,22). The lowest BCUT2D eigenvalue weighted by Crippen LogP contribution is -2.50. The van der Waals surface area contributed by atoms with Crippen LogP contribution in [-0.2, 0) is 0 Å². The number of amides is 2. The number of nitrogens with one attached hydrogen (secondary N) is 1. The van der Waals surface area contributed by atoms with Crippen molar-refractivity contribution in [1.82, 2.24) is 20.0 Å². The van der Waals surface area contributed by atoms with E-state index >= 15 is 0 Å². The van der Waals surface area contributed by atoms with Gasteiger partial charge in [-0.15, -0.1) is 0 Å². The van der Waals surface area contributed by atoms with Gasteiger partial charge >= 0.3 is 6.03 Å². The van der Waals surface area contributed by atoms with E-state index in [2.05, 4.69) is 34.3 Å². The first kappa shape index (κ1) is 17.2. The van der Waals surface area contributed by atoms with E-state index in [1.807, 2.05) is 0 Å². The minimum Gasteiger partial charge on any atom is -0.390 e. The molecule has 1 fully saturated rings. The van der Waals surface area contributed by atoms with E-state index < -0.39 is 6.10 Å². The van der Waals surface area contributed by atoms with E-state index in [1.54, 1.807) is 11.9 Å². The summed E-state index contributed by atoms with van der Waals surface area (Å²) in [6.45, 7) is 5.05. The predicted molar refractivity (Wildman–Crippen MR) is 87.9 cm³/mol. The molecular formula is C16H30N4O2. The number of carbonyl (C=O) groups is 1. The molecule has 0 aromatic heterocycles. The number of nitrogens with zero attached hydrogens (tertiary/aromatic N) is 3.